The minimum Gasteiger partial charge on any atom is -0.456 e. The highest BCUT2D eigenvalue weighted by Gasteiger charge is 2.24. The molecule has 0 saturated heterocycles. The highest BCUT2D eigenvalue weighted by molar-refractivity contribution is 7.26. The Morgan fingerprint density at radius 1 is 0.365 bits per heavy atom. The third-order valence-corrected chi connectivity index (χ3v) is 14.0. The van der Waals surface area contributed by atoms with Crippen LogP contribution in [0.15, 0.2) is 199 Å². The molecule has 0 aliphatic heterocycles. The van der Waals surface area contributed by atoms with Gasteiger partial charge in [0.1, 0.15) is 11.2 Å². The second-order valence-corrected chi connectivity index (χ2v) is 17.3. The number of benzene rings is 9. The molecule has 0 aliphatic rings. The van der Waals surface area contributed by atoms with Crippen LogP contribution in [0.3, 0.4) is 0 Å². The van der Waals surface area contributed by atoms with Crippen molar-refractivity contribution in [3.8, 4) is 56.4 Å². The summed E-state index contributed by atoms with van der Waals surface area (Å²) in [6.45, 7) is 0. The van der Waals surface area contributed by atoms with Crippen molar-refractivity contribution in [3.63, 3.8) is 0 Å². The fourth-order valence-electron chi connectivity index (χ4n) is 9.98. The Kier molecular flexibility index (Phi) is 7.21. The first-order valence-electron chi connectivity index (χ1n) is 21.2. The first kappa shape index (κ1) is 34.5. The monoisotopic (exact) mass is 820 g/mol. The number of hydrogen-bond donors (Lipinski definition) is 0. The van der Waals surface area contributed by atoms with E-state index in [2.05, 4.69) is 162 Å². The normalized spacial score (nSPS) is 12.1. The Labute approximate surface area is 364 Å². The minimum atomic E-state index is 0.602. The van der Waals surface area contributed by atoms with Gasteiger partial charge in [-0.3, -0.25) is 0 Å². The zero-order chi connectivity index (χ0) is 41.2. The molecular formula is C57H32N4OS. The largest absolute Gasteiger partial charge is 0.456 e. The van der Waals surface area contributed by atoms with E-state index in [1.165, 1.54) is 63.8 Å². The molecule has 6 heteroatoms. The molecular weight excluding hydrogens is 789 g/mol. The molecule has 0 spiro atoms. The maximum atomic E-state index is 6.20. The molecule has 14 aromatic rings. The van der Waals surface area contributed by atoms with E-state index in [1.54, 1.807) is 0 Å². The standard InChI is InChI=1S/C57H32N4OS/c1-2-13-33(14-3-1)37-15-4-5-19-42(37)57-59-55(58-56(60-57)36-29-30-49-44(31-36)40-18-8-11-23-48(40)62-49)35-27-25-34(26-28-35)43-32-45-39-17-7-10-22-47(39)61-46-21-9-6-16-38(46)41-20-12-24-50-51(41)52(53(45)61)54(43)63-50/h1-32H. The number of para-hydroxylation sites is 3. The average Bonchev–Trinajstić information content (AvgIpc) is 4.01. The molecule has 0 atom stereocenters. The Bertz CT molecular complexity index is 4140. The van der Waals surface area contributed by atoms with Gasteiger partial charge in [0.25, 0.3) is 0 Å². The molecule has 5 heterocycles. The predicted octanol–water partition coefficient (Wildman–Crippen LogP) is 15.6. The van der Waals surface area contributed by atoms with Gasteiger partial charge in [0.2, 0.25) is 0 Å². The average molecular weight is 821 g/mol. The summed E-state index contributed by atoms with van der Waals surface area (Å²) in [6.07, 6.45) is 0. The molecule has 0 amide bonds. The van der Waals surface area contributed by atoms with E-state index in [-0.39, 0.29) is 0 Å². The highest BCUT2D eigenvalue weighted by Crippen LogP contribution is 2.50. The van der Waals surface area contributed by atoms with Crippen LogP contribution in [0.2, 0.25) is 0 Å². The van der Waals surface area contributed by atoms with Crippen LogP contribution >= 0.6 is 11.3 Å². The number of rotatable bonds is 5. The Morgan fingerprint density at radius 3 is 1.76 bits per heavy atom. The summed E-state index contributed by atoms with van der Waals surface area (Å²) >= 11 is 1.89. The summed E-state index contributed by atoms with van der Waals surface area (Å²) in [4.78, 5) is 15.7. The first-order valence-corrected chi connectivity index (χ1v) is 22.0. The van der Waals surface area contributed by atoms with Gasteiger partial charge >= 0.3 is 0 Å². The molecule has 0 aliphatic carbocycles. The van der Waals surface area contributed by atoms with Crippen LogP contribution in [0.1, 0.15) is 0 Å². The van der Waals surface area contributed by atoms with Crippen molar-refractivity contribution in [2.45, 2.75) is 0 Å². The second-order valence-electron chi connectivity index (χ2n) is 16.3. The predicted molar refractivity (Wildman–Crippen MR) is 262 cm³/mol. The van der Waals surface area contributed by atoms with Crippen LogP contribution in [0, 0.1) is 0 Å². The number of aromatic nitrogens is 4. The van der Waals surface area contributed by atoms with Crippen LogP contribution in [0.25, 0.3) is 137 Å². The molecule has 9 aromatic carbocycles. The van der Waals surface area contributed by atoms with Crippen molar-refractivity contribution < 1.29 is 4.42 Å². The van der Waals surface area contributed by atoms with Crippen LogP contribution < -0.4 is 0 Å². The maximum Gasteiger partial charge on any atom is 0.164 e. The van der Waals surface area contributed by atoms with Crippen molar-refractivity contribution in [1.29, 1.82) is 0 Å². The van der Waals surface area contributed by atoms with Gasteiger partial charge in [-0.15, -0.1) is 11.3 Å². The lowest BCUT2D eigenvalue weighted by molar-refractivity contribution is 0.669. The smallest absolute Gasteiger partial charge is 0.164 e. The second kappa shape index (κ2) is 13.2. The fourth-order valence-corrected chi connectivity index (χ4v) is 11.3. The fraction of sp³-hybridized carbons (Fsp3) is 0. The van der Waals surface area contributed by atoms with Gasteiger partial charge in [-0.05, 0) is 70.6 Å². The van der Waals surface area contributed by atoms with Crippen molar-refractivity contribution in [2.75, 3.05) is 0 Å². The number of hydrogen-bond acceptors (Lipinski definition) is 5. The van der Waals surface area contributed by atoms with E-state index in [9.17, 15) is 0 Å². The van der Waals surface area contributed by atoms with Crippen molar-refractivity contribution >= 4 is 91.5 Å². The van der Waals surface area contributed by atoms with E-state index >= 15 is 0 Å². The maximum absolute atomic E-state index is 6.20. The third kappa shape index (κ3) is 5.07. The first-order chi connectivity index (χ1) is 31.2. The summed E-state index contributed by atoms with van der Waals surface area (Å²) in [7, 11) is 0. The van der Waals surface area contributed by atoms with Crippen LogP contribution in [-0.2, 0) is 0 Å². The van der Waals surface area contributed by atoms with Crippen LogP contribution in [-0.4, -0.2) is 19.4 Å². The Hall–Kier alpha value is -8.19. The molecule has 0 bridgehead atoms. The molecule has 63 heavy (non-hydrogen) atoms. The van der Waals surface area contributed by atoms with Gasteiger partial charge in [0, 0.05) is 69.4 Å². The lowest BCUT2D eigenvalue weighted by atomic mass is 9.97. The topological polar surface area (TPSA) is 56.2 Å². The van der Waals surface area contributed by atoms with E-state index in [0.29, 0.717) is 17.5 Å². The molecule has 5 nitrogen and oxygen atoms in total. The van der Waals surface area contributed by atoms with Crippen molar-refractivity contribution in [2.24, 2.45) is 0 Å². The zero-order valence-electron chi connectivity index (χ0n) is 33.6. The number of nitrogens with zero attached hydrogens (tertiary/aromatic N) is 4. The summed E-state index contributed by atoms with van der Waals surface area (Å²) in [5.74, 6) is 1.83. The summed E-state index contributed by atoms with van der Waals surface area (Å²) < 4.78 is 11.3. The van der Waals surface area contributed by atoms with Gasteiger partial charge in [-0.25, -0.2) is 15.0 Å². The van der Waals surface area contributed by atoms with E-state index in [0.717, 1.165) is 55.3 Å². The van der Waals surface area contributed by atoms with Gasteiger partial charge in [-0.2, -0.15) is 0 Å². The third-order valence-electron chi connectivity index (χ3n) is 12.8. The Balaban J connectivity index is 0.979. The number of fused-ring (bicyclic) bond motifs is 9. The number of furan rings is 1. The summed E-state index contributed by atoms with van der Waals surface area (Å²) in [6, 6.07) is 68.9. The molecule has 0 radical (unpaired) electrons. The lowest BCUT2D eigenvalue weighted by Gasteiger charge is -2.12. The van der Waals surface area contributed by atoms with Gasteiger partial charge < -0.3 is 8.82 Å². The highest BCUT2D eigenvalue weighted by atomic mass is 32.1. The van der Waals surface area contributed by atoms with Crippen molar-refractivity contribution in [3.05, 3.63) is 194 Å². The molecule has 0 unspecified atom stereocenters. The SMILES string of the molecule is c1ccc(-c2ccccc2-c2nc(-c3ccc(-c4cc5c6ccccc6n6c7ccccc7c7cccc8sc4c(c87)c56)cc3)nc(-c3ccc4oc5ccccc5c4c3)n2)cc1. The molecule has 0 saturated carbocycles. The Morgan fingerprint density at radius 2 is 0.952 bits per heavy atom. The lowest BCUT2D eigenvalue weighted by Crippen LogP contribution is -2.01. The molecule has 292 valence electrons. The molecule has 5 aromatic heterocycles. The molecule has 0 N–H and O–H groups in total. The zero-order valence-corrected chi connectivity index (χ0v) is 34.4. The van der Waals surface area contributed by atoms with Gasteiger partial charge in [0.05, 0.1) is 16.6 Å². The molecule has 14 rings (SSSR count). The quantitative estimate of drug-likeness (QED) is 0.174. The number of thiophene rings is 1. The molecule has 0 fully saturated rings. The van der Waals surface area contributed by atoms with E-state index < -0.39 is 0 Å². The summed E-state index contributed by atoms with van der Waals surface area (Å²) in [5.41, 5.74) is 12.7. The van der Waals surface area contributed by atoms with Crippen molar-refractivity contribution in [1.82, 2.24) is 19.4 Å². The van der Waals surface area contributed by atoms with E-state index in [4.69, 9.17) is 19.4 Å². The van der Waals surface area contributed by atoms with Gasteiger partial charge in [0.15, 0.2) is 17.5 Å². The minimum absolute atomic E-state index is 0.602. The van der Waals surface area contributed by atoms with E-state index in [1.807, 2.05) is 47.7 Å². The summed E-state index contributed by atoms with van der Waals surface area (Å²) in [5, 5.41) is 9.79. The van der Waals surface area contributed by atoms with Crippen LogP contribution in [0.4, 0.5) is 0 Å². The van der Waals surface area contributed by atoms with Gasteiger partial charge in [-0.1, -0.05) is 146 Å². The van der Waals surface area contributed by atoms with Crippen LogP contribution in [0.5, 0.6) is 0 Å².